The van der Waals surface area contributed by atoms with E-state index in [0.29, 0.717) is 0 Å². The average molecular weight is 234 g/mol. The van der Waals surface area contributed by atoms with Gasteiger partial charge in [0.25, 0.3) is 5.56 Å². The van der Waals surface area contributed by atoms with Crippen LogP contribution >= 0.6 is 0 Å². The molecule has 2 unspecified atom stereocenters. The minimum absolute atomic E-state index is 0.0868. The number of rotatable bonds is 5. The molecule has 0 aliphatic heterocycles. The summed E-state index contributed by atoms with van der Waals surface area (Å²) in [6.45, 7) is 5.09. The molecule has 1 aliphatic rings. The molecule has 2 rings (SSSR count). The second kappa shape index (κ2) is 6.01. The first-order chi connectivity index (χ1) is 8.25. The van der Waals surface area contributed by atoms with E-state index in [9.17, 15) is 4.79 Å². The molecule has 1 fully saturated rings. The summed E-state index contributed by atoms with van der Waals surface area (Å²) in [7, 11) is 0. The van der Waals surface area contributed by atoms with Crippen molar-refractivity contribution in [2.75, 3.05) is 13.1 Å². The maximum Gasteiger partial charge on any atom is 0.250 e. The molecule has 0 radical (unpaired) electrons. The maximum absolute atomic E-state index is 11.4. The second-order valence-electron chi connectivity index (χ2n) is 5.22. The first-order valence-corrected chi connectivity index (χ1v) is 6.62. The van der Waals surface area contributed by atoms with E-state index in [1.165, 1.54) is 19.3 Å². The van der Waals surface area contributed by atoms with Gasteiger partial charge in [0.1, 0.15) is 0 Å². The van der Waals surface area contributed by atoms with Gasteiger partial charge in [-0.05, 0) is 37.3 Å². The average Bonchev–Trinajstić information content (AvgIpc) is 2.73. The van der Waals surface area contributed by atoms with Gasteiger partial charge in [-0.25, -0.2) is 0 Å². The Bertz CT molecular complexity index is 399. The lowest BCUT2D eigenvalue weighted by atomic mass is 10.1. The topological polar surface area (TPSA) is 34.0 Å². The van der Waals surface area contributed by atoms with Gasteiger partial charge >= 0.3 is 0 Å². The normalized spacial score (nSPS) is 24.1. The number of aromatic nitrogens is 1. The molecule has 0 saturated heterocycles. The van der Waals surface area contributed by atoms with E-state index in [4.69, 9.17) is 0 Å². The summed E-state index contributed by atoms with van der Waals surface area (Å²) in [5.74, 6) is 1.75. The third-order valence-electron chi connectivity index (χ3n) is 3.66. The second-order valence-corrected chi connectivity index (χ2v) is 5.22. The maximum atomic E-state index is 11.4. The van der Waals surface area contributed by atoms with Gasteiger partial charge in [-0.2, -0.15) is 0 Å². The molecule has 1 aromatic rings. The van der Waals surface area contributed by atoms with Crippen LogP contribution in [-0.4, -0.2) is 17.7 Å². The van der Waals surface area contributed by atoms with Crippen LogP contribution in [0.4, 0.5) is 0 Å². The number of hydrogen-bond acceptors (Lipinski definition) is 2. The molecule has 0 spiro atoms. The Morgan fingerprint density at radius 2 is 2.29 bits per heavy atom. The molecule has 17 heavy (non-hydrogen) atoms. The molecule has 0 amide bonds. The number of nitrogens with zero attached hydrogens (tertiary/aromatic N) is 1. The van der Waals surface area contributed by atoms with Crippen LogP contribution in [-0.2, 0) is 6.54 Å². The van der Waals surface area contributed by atoms with Gasteiger partial charge in [-0.1, -0.05) is 19.4 Å². The van der Waals surface area contributed by atoms with Crippen molar-refractivity contribution in [1.29, 1.82) is 0 Å². The molecule has 1 heterocycles. The Morgan fingerprint density at radius 1 is 1.41 bits per heavy atom. The summed E-state index contributed by atoms with van der Waals surface area (Å²) < 4.78 is 1.75. The van der Waals surface area contributed by atoms with Crippen molar-refractivity contribution < 1.29 is 0 Å². The summed E-state index contributed by atoms with van der Waals surface area (Å²) in [5.41, 5.74) is 0.0868. The van der Waals surface area contributed by atoms with Crippen LogP contribution in [0.15, 0.2) is 29.2 Å². The molecular formula is C14H22N2O. The molecule has 3 heteroatoms. The van der Waals surface area contributed by atoms with Crippen molar-refractivity contribution in [2.24, 2.45) is 11.8 Å². The summed E-state index contributed by atoms with van der Waals surface area (Å²) in [6.07, 6.45) is 5.95. The Hall–Kier alpha value is -1.09. The fourth-order valence-corrected chi connectivity index (χ4v) is 2.66. The van der Waals surface area contributed by atoms with Gasteiger partial charge in [-0.3, -0.25) is 4.79 Å². The molecule has 0 bridgehead atoms. The van der Waals surface area contributed by atoms with Crippen molar-refractivity contribution in [2.45, 2.75) is 32.7 Å². The van der Waals surface area contributed by atoms with Crippen LogP contribution in [0.1, 0.15) is 26.2 Å². The lowest BCUT2D eigenvalue weighted by Crippen LogP contribution is -2.28. The van der Waals surface area contributed by atoms with Crippen LogP contribution in [0.25, 0.3) is 0 Å². The minimum atomic E-state index is 0.0868. The largest absolute Gasteiger partial charge is 0.315 e. The summed E-state index contributed by atoms with van der Waals surface area (Å²) in [5, 5.41) is 3.46. The highest BCUT2D eigenvalue weighted by Crippen LogP contribution is 2.29. The lowest BCUT2D eigenvalue weighted by Gasteiger charge is -2.11. The molecule has 3 nitrogen and oxygen atoms in total. The molecule has 2 atom stereocenters. The lowest BCUT2D eigenvalue weighted by molar-refractivity contribution is 0.459. The SMILES string of the molecule is CC1CCC(CNCCn2ccccc2=O)C1. The summed E-state index contributed by atoms with van der Waals surface area (Å²) in [4.78, 5) is 11.4. The third kappa shape index (κ3) is 3.70. The van der Waals surface area contributed by atoms with Crippen LogP contribution < -0.4 is 10.9 Å². The monoisotopic (exact) mass is 234 g/mol. The number of nitrogens with one attached hydrogen (secondary N) is 1. The summed E-state index contributed by atoms with van der Waals surface area (Å²) >= 11 is 0. The zero-order valence-corrected chi connectivity index (χ0v) is 10.6. The van der Waals surface area contributed by atoms with Crippen molar-refractivity contribution >= 4 is 0 Å². The van der Waals surface area contributed by atoms with Crippen LogP contribution in [0.3, 0.4) is 0 Å². The van der Waals surface area contributed by atoms with E-state index >= 15 is 0 Å². The standard InChI is InChI=1S/C14H22N2O/c1-12-5-6-13(10-12)11-15-7-9-16-8-3-2-4-14(16)17/h2-4,8,12-13,15H,5-7,9-11H2,1H3. The first-order valence-electron chi connectivity index (χ1n) is 6.62. The van der Waals surface area contributed by atoms with E-state index in [-0.39, 0.29) is 5.56 Å². The van der Waals surface area contributed by atoms with Crippen molar-refractivity contribution in [3.05, 3.63) is 34.7 Å². The smallest absolute Gasteiger partial charge is 0.250 e. The van der Waals surface area contributed by atoms with Crippen LogP contribution in [0.5, 0.6) is 0 Å². The molecule has 94 valence electrons. The van der Waals surface area contributed by atoms with Crippen LogP contribution in [0, 0.1) is 11.8 Å². The molecule has 1 N–H and O–H groups in total. The molecule has 1 aliphatic carbocycles. The van der Waals surface area contributed by atoms with E-state index in [2.05, 4.69) is 12.2 Å². The van der Waals surface area contributed by atoms with Gasteiger partial charge in [0.2, 0.25) is 0 Å². The highest BCUT2D eigenvalue weighted by Gasteiger charge is 2.20. The van der Waals surface area contributed by atoms with Crippen molar-refractivity contribution in [3.8, 4) is 0 Å². The highest BCUT2D eigenvalue weighted by atomic mass is 16.1. The number of pyridine rings is 1. The minimum Gasteiger partial charge on any atom is -0.315 e. The van der Waals surface area contributed by atoms with Crippen LogP contribution in [0.2, 0.25) is 0 Å². The molecule has 1 saturated carbocycles. The predicted molar refractivity (Wildman–Crippen MR) is 70.1 cm³/mol. The Morgan fingerprint density at radius 3 is 3.00 bits per heavy atom. The third-order valence-corrected chi connectivity index (χ3v) is 3.66. The zero-order valence-electron chi connectivity index (χ0n) is 10.6. The Labute approximate surface area is 103 Å². The van der Waals surface area contributed by atoms with Gasteiger partial charge in [0.15, 0.2) is 0 Å². The van der Waals surface area contributed by atoms with Gasteiger partial charge < -0.3 is 9.88 Å². The summed E-state index contributed by atoms with van der Waals surface area (Å²) in [6, 6.07) is 5.30. The highest BCUT2D eigenvalue weighted by molar-refractivity contribution is 4.93. The Balaban J connectivity index is 1.67. The van der Waals surface area contributed by atoms with Gasteiger partial charge in [0.05, 0.1) is 0 Å². The molecular weight excluding hydrogens is 212 g/mol. The van der Waals surface area contributed by atoms with E-state index in [0.717, 1.165) is 31.5 Å². The van der Waals surface area contributed by atoms with E-state index < -0.39 is 0 Å². The zero-order chi connectivity index (χ0) is 12.1. The Kier molecular flexibility index (Phi) is 4.37. The fraction of sp³-hybridized carbons (Fsp3) is 0.643. The van der Waals surface area contributed by atoms with E-state index in [1.807, 2.05) is 12.3 Å². The molecule has 1 aromatic heterocycles. The predicted octanol–water partition coefficient (Wildman–Crippen LogP) is 1.87. The first kappa shape index (κ1) is 12.4. The van der Waals surface area contributed by atoms with Crippen molar-refractivity contribution in [1.82, 2.24) is 9.88 Å². The van der Waals surface area contributed by atoms with Crippen molar-refractivity contribution in [3.63, 3.8) is 0 Å². The molecule has 0 aromatic carbocycles. The van der Waals surface area contributed by atoms with E-state index in [1.54, 1.807) is 16.7 Å². The number of hydrogen-bond donors (Lipinski definition) is 1. The quantitative estimate of drug-likeness (QED) is 0.789. The van der Waals surface area contributed by atoms with Gasteiger partial charge in [-0.15, -0.1) is 0 Å². The fourth-order valence-electron chi connectivity index (χ4n) is 2.66. The van der Waals surface area contributed by atoms with Gasteiger partial charge in [0, 0.05) is 25.4 Å².